The van der Waals surface area contributed by atoms with Gasteiger partial charge in [-0.1, -0.05) is 41.9 Å². The zero-order chi connectivity index (χ0) is 14.5. The molecule has 0 saturated heterocycles. The van der Waals surface area contributed by atoms with E-state index in [1.807, 2.05) is 48.5 Å². The lowest BCUT2D eigenvalue weighted by Crippen LogP contribution is -2.27. The van der Waals surface area contributed by atoms with Crippen LogP contribution in [-0.2, 0) is 4.79 Å². The molecule has 20 heavy (non-hydrogen) atoms. The molecule has 3 nitrogen and oxygen atoms in total. The van der Waals surface area contributed by atoms with Crippen LogP contribution in [0.15, 0.2) is 48.5 Å². The van der Waals surface area contributed by atoms with Crippen LogP contribution in [0.25, 0.3) is 0 Å². The molecule has 0 radical (unpaired) electrons. The molecule has 0 aromatic heterocycles. The first kappa shape index (κ1) is 14.4. The van der Waals surface area contributed by atoms with Gasteiger partial charge in [-0.2, -0.15) is 0 Å². The van der Waals surface area contributed by atoms with Gasteiger partial charge in [0.05, 0.1) is 13.2 Å². The quantitative estimate of drug-likeness (QED) is 0.934. The Balaban J connectivity index is 2.41. The number of carbonyl (C=O) groups is 1. The van der Waals surface area contributed by atoms with E-state index < -0.39 is 0 Å². The van der Waals surface area contributed by atoms with Crippen molar-refractivity contribution in [2.45, 2.75) is 13.0 Å². The van der Waals surface area contributed by atoms with Crippen molar-refractivity contribution in [1.82, 2.24) is 5.32 Å². The fourth-order valence-corrected chi connectivity index (χ4v) is 2.29. The first-order chi connectivity index (χ1) is 9.61. The fourth-order valence-electron chi connectivity index (χ4n) is 2.05. The number of nitrogens with one attached hydrogen (secondary N) is 1. The van der Waals surface area contributed by atoms with E-state index >= 15 is 0 Å². The van der Waals surface area contributed by atoms with Crippen molar-refractivity contribution >= 4 is 17.5 Å². The summed E-state index contributed by atoms with van der Waals surface area (Å²) >= 11 is 6.23. The van der Waals surface area contributed by atoms with E-state index in [1.165, 1.54) is 6.92 Å². The molecule has 0 aliphatic heterocycles. The molecule has 1 atom stereocenters. The van der Waals surface area contributed by atoms with Gasteiger partial charge in [0.2, 0.25) is 5.91 Å². The van der Waals surface area contributed by atoms with Crippen LogP contribution in [0.1, 0.15) is 24.1 Å². The lowest BCUT2D eigenvalue weighted by Gasteiger charge is -2.20. The van der Waals surface area contributed by atoms with Gasteiger partial charge in [0, 0.05) is 11.9 Å². The Morgan fingerprint density at radius 1 is 1.15 bits per heavy atom. The SMILES string of the molecule is COc1ccc([C@@H](NC(C)=O)c2ccccc2Cl)cc1. The summed E-state index contributed by atoms with van der Waals surface area (Å²) in [6.45, 7) is 1.49. The standard InChI is InChI=1S/C16H16ClNO2/c1-11(19)18-16(14-5-3-4-6-15(14)17)12-7-9-13(20-2)10-8-12/h3-10,16H,1-2H3,(H,18,19)/t16-/m1/s1. The van der Waals surface area contributed by atoms with E-state index in [0.29, 0.717) is 5.02 Å². The van der Waals surface area contributed by atoms with Crippen LogP contribution >= 0.6 is 11.6 Å². The van der Waals surface area contributed by atoms with E-state index in [-0.39, 0.29) is 11.9 Å². The summed E-state index contributed by atoms with van der Waals surface area (Å²) in [5, 5.41) is 3.55. The molecule has 1 amide bonds. The molecule has 0 fully saturated rings. The molecule has 0 aliphatic carbocycles. The van der Waals surface area contributed by atoms with Crippen molar-refractivity contribution in [2.75, 3.05) is 7.11 Å². The molecule has 0 saturated carbocycles. The second-order valence-electron chi connectivity index (χ2n) is 4.43. The monoisotopic (exact) mass is 289 g/mol. The topological polar surface area (TPSA) is 38.3 Å². The second-order valence-corrected chi connectivity index (χ2v) is 4.84. The molecule has 0 unspecified atom stereocenters. The minimum absolute atomic E-state index is 0.106. The van der Waals surface area contributed by atoms with Crippen LogP contribution in [0.5, 0.6) is 5.75 Å². The maximum absolute atomic E-state index is 11.5. The zero-order valence-electron chi connectivity index (χ0n) is 11.4. The van der Waals surface area contributed by atoms with Gasteiger partial charge in [0.15, 0.2) is 0 Å². The summed E-state index contributed by atoms with van der Waals surface area (Å²) < 4.78 is 5.15. The predicted molar refractivity (Wildman–Crippen MR) is 80.1 cm³/mol. The highest BCUT2D eigenvalue weighted by Gasteiger charge is 2.17. The lowest BCUT2D eigenvalue weighted by atomic mass is 9.98. The highest BCUT2D eigenvalue weighted by Crippen LogP contribution is 2.29. The third-order valence-electron chi connectivity index (χ3n) is 3.01. The molecule has 0 bridgehead atoms. The molecule has 2 rings (SSSR count). The number of methoxy groups -OCH3 is 1. The number of halogens is 1. The summed E-state index contributed by atoms with van der Waals surface area (Å²) in [7, 11) is 1.62. The second kappa shape index (κ2) is 6.44. The van der Waals surface area contributed by atoms with E-state index in [0.717, 1.165) is 16.9 Å². The normalized spacial score (nSPS) is 11.8. The Morgan fingerprint density at radius 3 is 2.35 bits per heavy atom. The maximum Gasteiger partial charge on any atom is 0.217 e. The van der Waals surface area contributed by atoms with Crippen LogP contribution in [0.3, 0.4) is 0 Å². The molecular weight excluding hydrogens is 274 g/mol. The average molecular weight is 290 g/mol. The maximum atomic E-state index is 11.5. The summed E-state index contributed by atoms with van der Waals surface area (Å²) in [6, 6.07) is 14.8. The minimum Gasteiger partial charge on any atom is -0.497 e. The van der Waals surface area contributed by atoms with Crippen molar-refractivity contribution in [3.05, 3.63) is 64.7 Å². The molecule has 104 valence electrons. The van der Waals surface area contributed by atoms with Crippen LogP contribution in [-0.4, -0.2) is 13.0 Å². The minimum atomic E-state index is -0.271. The molecule has 2 aromatic rings. The van der Waals surface area contributed by atoms with Gasteiger partial charge in [-0.05, 0) is 29.3 Å². The van der Waals surface area contributed by atoms with Crippen molar-refractivity contribution in [3.63, 3.8) is 0 Å². The Bertz CT molecular complexity index is 596. The third-order valence-corrected chi connectivity index (χ3v) is 3.36. The van der Waals surface area contributed by atoms with E-state index in [2.05, 4.69) is 5.32 Å². The van der Waals surface area contributed by atoms with Gasteiger partial charge in [0.1, 0.15) is 5.75 Å². The number of carbonyl (C=O) groups excluding carboxylic acids is 1. The zero-order valence-corrected chi connectivity index (χ0v) is 12.1. The number of rotatable bonds is 4. The average Bonchev–Trinajstić information content (AvgIpc) is 2.46. The van der Waals surface area contributed by atoms with Crippen LogP contribution < -0.4 is 10.1 Å². The van der Waals surface area contributed by atoms with Crippen molar-refractivity contribution in [3.8, 4) is 5.75 Å². The van der Waals surface area contributed by atoms with Gasteiger partial charge in [0.25, 0.3) is 0 Å². The number of ether oxygens (including phenoxy) is 1. The number of benzene rings is 2. The van der Waals surface area contributed by atoms with Gasteiger partial charge in [-0.25, -0.2) is 0 Å². The smallest absolute Gasteiger partial charge is 0.217 e. The van der Waals surface area contributed by atoms with E-state index in [9.17, 15) is 4.79 Å². The van der Waals surface area contributed by atoms with Gasteiger partial charge in [-0.3, -0.25) is 4.79 Å². The van der Waals surface area contributed by atoms with Gasteiger partial charge < -0.3 is 10.1 Å². The Morgan fingerprint density at radius 2 is 1.80 bits per heavy atom. The highest BCUT2D eigenvalue weighted by molar-refractivity contribution is 6.31. The van der Waals surface area contributed by atoms with E-state index in [1.54, 1.807) is 7.11 Å². The summed E-state index contributed by atoms with van der Waals surface area (Å²) in [5.74, 6) is 0.667. The Labute approximate surface area is 123 Å². The number of hydrogen-bond acceptors (Lipinski definition) is 2. The van der Waals surface area contributed by atoms with E-state index in [4.69, 9.17) is 16.3 Å². The molecule has 0 heterocycles. The first-order valence-electron chi connectivity index (χ1n) is 6.27. The third kappa shape index (κ3) is 3.31. The predicted octanol–water partition coefficient (Wildman–Crippen LogP) is 3.57. The number of hydrogen-bond donors (Lipinski definition) is 1. The van der Waals surface area contributed by atoms with Crippen LogP contribution in [0.2, 0.25) is 5.02 Å². The fraction of sp³-hybridized carbons (Fsp3) is 0.188. The lowest BCUT2D eigenvalue weighted by molar-refractivity contribution is -0.119. The summed E-state index contributed by atoms with van der Waals surface area (Å²) in [4.78, 5) is 11.5. The van der Waals surface area contributed by atoms with Crippen molar-refractivity contribution in [1.29, 1.82) is 0 Å². The highest BCUT2D eigenvalue weighted by atomic mass is 35.5. The first-order valence-corrected chi connectivity index (χ1v) is 6.65. The van der Waals surface area contributed by atoms with Crippen molar-refractivity contribution < 1.29 is 9.53 Å². The summed E-state index contributed by atoms with van der Waals surface area (Å²) in [5.41, 5.74) is 1.82. The molecule has 0 aliphatic rings. The van der Waals surface area contributed by atoms with Crippen LogP contribution in [0, 0.1) is 0 Å². The van der Waals surface area contributed by atoms with Gasteiger partial charge in [-0.15, -0.1) is 0 Å². The molecule has 0 spiro atoms. The van der Waals surface area contributed by atoms with Crippen LogP contribution in [0.4, 0.5) is 0 Å². The molecule has 2 aromatic carbocycles. The van der Waals surface area contributed by atoms with Crippen molar-refractivity contribution in [2.24, 2.45) is 0 Å². The molecule has 1 N–H and O–H groups in total. The molecule has 4 heteroatoms. The number of amides is 1. The molecular formula is C16H16ClNO2. The largest absolute Gasteiger partial charge is 0.497 e. The summed E-state index contributed by atoms with van der Waals surface area (Å²) in [6.07, 6.45) is 0. The Kier molecular flexibility index (Phi) is 4.64. The Hall–Kier alpha value is -2.00. The van der Waals surface area contributed by atoms with Gasteiger partial charge >= 0.3 is 0 Å².